The Hall–Kier alpha value is -0.840. The van der Waals surface area contributed by atoms with Gasteiger partial charge in [-0.1, -0.05) is 11.6 Å². The quantitative estimate of drug-likeness (QED) is 0.838. The fraction of sp³-hybridized carbons (Fsp3) is 0.400. The molecular weight excluding hydrogens is 221 g/mol. The number of hydrogen-bond donors (Lipinski definition) is 2. The summed E-state index contributed by atoms with van der Waals surface area (Å²) in [7, 11) is 1.41. The van der Waals surface area contributed by atoms with Crippen molar-refractivity contribution in [3.05, 3.63) is 28.5 Å². The molecule has 0 saturated carbocycles. The van der Waals surface area contributed by atoms with Crippen LogP contribution in [0.3, 0.4) is 0 Å². The summed E-state index contributed by atoms with van der Waals surface area (Å²) in [6.07, 6.45) is -1.12. The van der Waals surface area contributed by atoms with Gasteiger partial charge in [0, 0.05) is 17.7 Å². The molecule has 15 heavy (non-hydrogen) atoms. The van der Waals surface area contributed by atoms with Gasteiger partial charge in [-0.25, -0.2) is 4.39 Å². The second-order valence-electron chi connectivity index (χ2n) is 3.31. The number of ether oxygens (including phenoxy) is 1. The first-order chi connectivity index (χ1) is 6.97. The zero-order chi connectivity index (χ0) is 11.6. The third-order valence-electron chi connectivity index (χ3n) is 2.08. The summed E-state index contributed by atoms with van der Waals surface area (Å²) in [4.78, 5) is 0. The molecule has 0 spiro atoms. The fourth-order valence-corrected chi connectivity index (χ4v) is 1.53. The standard InChI is InChI=1S/C10H13ClFNO2/c1-5(13)10(14)9-7(11)3-6(15-2)4-8(9)12/h3-5,10,14H,13H2,1-2H3. The zero-order valence-corrected chi connectivity index (χ0v) is 9.25. The number of aliphatic hydroxyl groups excluding tert-OH is 1. The Bertz CT molecular complexity index is 334. The Morgan fingerprint density at radius 3 is 2.53 bits per heavy atom. The lowest BCUT2D eigenvalue weighted by molar-refractivity contribution is 0.149. The maximum atomic E-state index is 13.5. The van der Waals surface area contributed by atoms with Crippen LogP contribution in [-0.4, -0.2) is 18.3 Å². The second kappa shape index (κ2) is 4.79. The first-order valence-electron chi connectivity index (χ1n) is 4.44. The molecule has 1 aromatic rings. The minimum absolute atomic E-state index is 0.00691. The largest absolute Gasteiger partial charge is 0.497 e. The van der Waals surface area contributed by atoms with Crippen molar-refractivity contribution in [3.8, 4) is 5.75 Å². The minimum atomic E-state index is -1.12. The molecule has 0 aliphatic carbocycles. The van der Waals surface area contributed by atoms with Crippen molar-refractivity contribution >= 4 is 11.6 Å². The Labute approximate surface area is 92.6 Å². The molecule has 0 aromatic heterocycles. The number of aliphatic hydroxyl groups is 1. The summed E-state index contributed by atoms with van der Waals surface area (Å²) >= 11 is 5.82. The molecule has 0 aliphatic rings. The lowest BCUT2D eigenvalue weighted by Crippen LogP contribution is -2.25. The number of methoxy groups -OCH3 is 1. The molecule has 0 fully saturated rings. The number of benzene rings is 1. The summed E-state index contributed by atoms with van der Waals surface area (Å²) < 4.78 is 18.4. The predicted octanol–water partition coefficient (Wildman–Crippen LogP) is 1.87. The Kier molecular flexibility index (Phi) is 3.90. The van der Waals surface area contributed by atoms with Crippen LogP contribution < -0.4 is 10.5 Å². The molecular formula is C10H13ClFNO2. The van der Waals surface area contributed by atoms with Gasteiger partial charge in [-0.05, 0) is 13.0 Å². The predicted molar refractivity (Wildman–Crippen MR) is 56.6 cm³/mol. The van der Waals surface area contributed by atoms with Crippen LogP contribution >= 0.6 is 11.6 Å². The van der Waals surface area contributed by atoms with E-state index in [1.165, 1.54) is 13.2 Å². The van der Waals surface area contributed by atoms with Crippen LogP contribution in [0.4, 0.5) is 4.39 Å². The van der Waals surface area contributed by atoms with E-state index in [1.54, 1.807) is 6.92 Å². The maximum absolute atomic E-state index is 13.5. The van der Waals surface area contributed by atoms with Crippen LogP contribution in [0.15, 0.2) is 12.1 Å². The second-order valence-corrected chi connectivity index (χ2v) is 3.72. The van der Waals surface area contributed by atoms with Crippen molar-refractivity contribution in [2.75, 3.05) is 7.11 Å². The van der Waals surface area contributed by atoms with Crippen molar-refractivity contribution in [1.29, 1.82) is 0 Å². The van der Waals surface area contributed by atoms with E-state index in [-0.39, 0.29) is 10.6 Å². The smallest absolute Gasteiger partial charge is 0.134 e. The van der Waals surface area contributed by atoms with Crippen LogP contribution in [0.25, 0.3) is 0 Å². The molecule has 3 nitrogen and oxygen atoms in total. The number of nitrogens with two attached hydrogens (primary N) is 1. The van der Waals surface area contributed by atoms with Crippen LogP contribution in [0.2, 0.25) is 5.02 Å². The van der Waals surface area contributed by atoms with E-state index in [2.05, 4.69) is 0 Å². The molecule has 0 radical (unpaired) electrons. The molecule has 5 heteroatoms. The summed E-state index contributed by atoms with van der Waals surface area (Å²) in [5.74, 6) is -0.317. The summed E-state index contributed by atoms with van der Waals surface area (Å²) in [6, 6.07) is 2.00. The number of hydrogen-bond acceptors (Lipinski definition) is 3. The van der Waals surface area contributed by atoms with Crippen molar-refractivity contribution < 1.29 is 14.2 Å². The van der Waals surface area contributed by atoms with Crippen LogP contribution in [0.1, 0.15) is 18.6 Å². The Morgan fingerprint density at radius 2 is 2.13 bits per heavy atom. The molecule has 2 unspecified atom stereocenters. The van der Waals surface area contributed by atoms with Crippen molar-refractivity contribution in [2.24, 2.45) is 5.73 Å². The highest BCUT2D eigenvalue weighted by Gasteiger charge is 2.21. The van der Waals surface area contributed by atoms with Gasteiger partial charge >= 0.3 is 0 Å². The van der Waals surface area contributed by atoms with E-state index >= 15 is 0 Å². The third kappa shape index (κ3) is 2.59. The highest BCUT2D eigenvalue weighted by atomic mass is 35.5. The van der Waals surface area contributed by atoms with Crippen LogP contribution in [0.5, 0.6) is 5.75 Å². The SMILES string of the molecule is COc1cc(F)c(C(O)C(C)N)c(Cl)c1. The Morgan fingerprint density at radius 1 is 1.53 bits per heavy atom. The molecule has 0 bridgehead atoms. The van der Waals surface area contributed by atoms with Gasteiger partial charge in [-0.3, -0.25) is 0 Å². The van der Waals surface area contributed by atoms with Gasteiger partial charge in [-0.2, -0.15) is 0 Å². The van der Waals surface area contributed by atoms with E-state index in [9.17, 15) is 9.50 Å². The fourth-order valence-electron chi connectivity index (χ4n) is 1.22. The highest BCUT2D eigenvalue weighted by Crippen LogP contribution is 2.31. The monoisotopic (exact) mass is 233 g/mol. The van der Waals surface area contributed by atoms with Crippen molar-refractivity contribution in [3.63, 3.8) is 0 Å². The number of halogens is 2. The highest BCUT2D eigenvalue weighted by molar-refractivity contribution is 6.31. The third-order valence-corrected chi connectivity index (χ3v) is 2.39. The van der Waals surface area contributed by atoms with Gasteiger partial charge in [0.15, 0.2) is 0 Å². The molecule has 3 N–H and O–H groups in total. The van der Waals surface area contributed by atoms with E-state index in [0.29, 0.717) is 5.75 Å². The molecule has 84 valence electrons. The zero-order valence-electron chi connectivity index (χ0n) is 8.50. The van der Waals surface area contributed by atoms with Crippen molar-refractivity contribution in [1.82, 2.24) is 0 Å². The molecule has 1 rings (SSSR count). The van der Waals surface area contributed by atoms with E-state index in [4.69, 9.17) is 22.1 Å². The Balaban J connectivity index is 3.19. The van der Waals surface area contributed by atoms with E-state index in [0.717, 1.165) is 6.07 Å². The van der Waals surface area contributed by atoms with Gasteiger partial charge in [0.05, 0.1) is 18.2 Å². The van der Waals surface area contributed by atoms with Gasteiger partial charge in [0.2, 0.25) is 0 Å². The van der Waals surface area contributed by atoms with Crippen LogP contribution in [-0.2, 0) is 0 Å². The van der Waals surface area contributed by atoms with Gasteiger partial charge < -0.3 is 15.6 Å². The first kappa shape index (κ1) is 12.2. The minimum Gasteiger partial charge on any atom is -0.497 e. The molecule has 1 aromatic carbocycles. The average Bonchev–Trinajstić information content (AvgIpc) is 2.16. The molecule has 0 aliphatic heterocycles. The van der Waals surface area contributed by atoms with Gasteiger partial charge in [-0.15, -0.1) is 0 Å². The maximum Gasteiger partial charge on any atom is 0.134 e. The van der Waals surface area contributed by atoms with Crippen LogP contribution in [0, 0.1) is 5.82 Å². The van der Waals surface area contributed by atoms with Crippen molar-refractivity contribution in [2.45, 2.75) is 19.1 Å². The lowest BCUT2D eigenvalue weighted by atomic mass is 10.0. The topological polar surface area (TPSA) is 55.5 Å². The lowest BCUT2D eigenvalue weighted by Gasteiger charge is -2.17. The first-order valence-corrected chi connectivity index (χ1v) is 4.81. The average molecular weight is 234 g/mol. The number of rotatable bonds is 3. The molecule has 0 saturated heterocycles. The summed E-state index contributed by atoms with van der Waals surface area (Å²) in [5.41, 5.74) is 5.48. The van der Waals surface area contributed by atoms with Gasteiger partial charge in [0.25, 0.3) is 0 Å². The molecule has 2 atom stereocenters. The summed E-state index contributed by atoms with van der Waals surface area (Å²) in [5, 5.41) is 9.74. The normalized spacial score (nSPS) is 14.8. The molecule has 0 heterocycles. The van der Waals surface area contributed by atoms with E-state index in [1.807, 2.05) is 0 Å². The van der Waals surface area contributed by atoms with E-state index < -0.39 is 18.0 Å². The summed E-state index contributed by atoms with van der Waals surface area (Å²) in [6.45, 7) is 1.57. The molecule has 0 amide bonds. The van der Waals surface area contributed by atoms with Gasteiger partial charge in [0.1, 0.15) is 11.6 Å².